The van der Waals surface area contributed by atoms with Crippen LogP contribution in [0.2, 0.25) is 0 Å². The zero-order valence-electron chi connectivity index (χ0n) is 26.2. The third-order valence-electron chi connectivity index (χ3n) is 13.8. The van der Waals surface area contributed by atoms with Crippen molar-refractivity contribution in [3.8, 4) is 0 Å². The third-order valence-corrected chi connectivity index (χ3v) is 13.8. The van der Waals surface area contributed by atoms with Gasteiger partial charge in [-0.25, -0.2) is 0 Å². The second-order valence-corrected chi connectivity index (χ2v) is 15.7. The summed E-state index contributed by atoms with van der Waals surface area (Å²) >= 11 is 0. The molecule has 0 saturated heterocycles. The number of fused-ring (bicyclic) bond motifs is 7. The van der Waals surface area contributed by atoms with Crippen LogP contribution < -0.4 is 0 Å². The van der Waals surface area contributed by atoms with E-state index in [9.17, 15) is 19.5 Å². The molecule has 5 aliphatic carbocycles. The first kappa shape index (κ1) is 29.8. The van der Waals surface area contributed by atoms with Gasteiger partial charge >= 0.3 is 11.9 Å². The minimum atomic E-state index is -0.804. The van der Waals surface area contributed by atoms with E-state index in [1.807, 2.05) is 19.9 Å². The number of carboxylic acids is 1. The topological polar surface area (TPSA) is 89.9 Å². The van der Waals surface area contributed by atoms with Crippen molar-refractivity contribution in [2.24, 2.45) is 50.2 Å². The maximum atomic E-state index is 14.5. The first-order chi connectivity index (χ1) is 18.6. The Kier molecular flexibility index (Phi) is 7.01. The van der Waals surface area contributed by atoms with Gasteiger partial charge < -0.3 is 14.6 Å². The largest absolute Gasteiger partial charge is 0.481 e. The number of rotatable bonds is 5. The summed E-state index contributed by atoms with van der Waals surface area (Å²) in [6.45, 7) is 15.9. The van der Waals surface area contributed by atoms with E-state index in [0.717, 1.165) is 51.4 Å². The van der Waals surface area contributed by atoms with Crippen LogP contribution in [0, 0.1) is 50.2 Å². The molecule has 2 unspecified atom stereocenters. The summed E-state index contributed by atoms with van der Waals surface area (Å²) in [5, 5.41) is 10.1. The van der Waals surface area contributed by atoms with E-state index < -0.39 is 16.8 Å². The molecule has 4 fully saturated rings. The Morgan fingerprint density at radius 2 is 1.65 bits per heavy atom. The van der Waals surface area contributed by atoms with Gasteiger partial charge in [-0.1, -0.05) is 40.2 Å². The van der Waals surface area contributed by atoms with Crippen molar-refractivity contribution in [3.63, 3.8) is 0 Å². The maximum absolute atomic E-state index is 14.5. The van der Waals surface area contributed by atoms with Gasteiger partial charge in [-0.2, -0.15) is 0 Å². The van der Waals surface area contributed by atoms with Crippen molar-refractivity contribution in [3.05, 3.63) is 11.6 Å². The van der Waals surface area contributed by atoms with Gasteiger partial charge in [0.2, 0.25) is 0 Å². The molecule has 0 aromatic carbocycles. The molecule has 0 aromatic heterocycles. The summed E-state index contributed by atoms with van der Waals surface area (Å²) in [5.74, 6) is -0.848. The minimum Gasteiger partial charge on any atom is -0.481 e. The molecule has 5 aliphatic rings. The average molecular weight is 557 g/mol. The highest BCUT2D eigenvalue weighted by molar-refractivity contribution is 5.96. The molecule has 0 radical (unpaired) electrons. The third kappa shape index (κ3) is 3.72. The second kappa shape index (κ2) is 9.41. The summed E-state index contributed by atoms with van der Waals surface area (Å²) < 4.78 is 11.8. The van der Waals surface area contributed by atoms with Gasteiger partial charge in [0.1, 0.15) is 0 Å². The van der Waals surface area contributed by atoms with Crippen LogP contribution in [0.3, 0.4) is 0 Å². The number of allylic oxidation sites excluding steroid dienone is 2. The molecule has 0 aliphatic heterocycles. The summed E-state index contributed by atoms with van der Waals surface area (Å²) in [4.78, 5) is 40.4. The fourth-order valence-corrected chi connectivity index (χ4v) is 11.1. The summed E-state index contributed by atoms with van der Waals surface area (Å²) in [7, 11) is 1.47. The lowest BCUT2D eigenvalue weighted by Gasteiger charge is -2.70. The maximum Gasteiger partial charge on any atom is 0.314 e. The number of hydrogen-bond acceptors (Lipinski definition) is 5. The van der Waals surface area contributed by atoms with Crippen molar-refractivity contribution in [2.75, 3.05) is 13.7 Å². The highest BCUT2D eigenvalue weighted by Gasteiger charge is 2.72. The number of methoxy groups -OCH3 is 1. The van der Waals surface area contributed by atoms with Gasteiger partial charge in [0, 0.05) is 12.5 Å². The van der Waals surface area contributed by atoms with Crippen LogP contribution >= 0.6 is 0 Å². The molecular formula is C34H52O6. The SMILES string of the molecule is CCCO[C@H]1CC[C@@]2(C)C(CC[C@]3(C)[C@@H]2C(=O)C=C2C4C[C@@](C)(C(=O)O)CC[C@]4(C)CC[C@]23C)[C@]1(C)C(=O)OC. The van der Waals surface area contributed by atoms with Gasteiger partial charge in [0.25, 0.3) is 0 Å². The quantitative estimate of drug-likeness (QED) is 0.367. The van der Waals surface area contributed by atoms with E-state index in [2.05, 4.69) is 34.6 Å². The smallest absolute Gasteiger partial charge is 0.314 e. The van der Waals surface area contributed by atoms with Crippen LogP contribution in [-0.4, -0.2) is 42.6 Å². The first-order valence-corrected chi connectivity index (χ1v) is 15.8. The highest BCUT2D eigenvalue weighted by Crippen LogP contribution is 2.75. The summed E-state index contributed by atoms with van der Waals surface area (Å²) in [5.41, 5.74) is -1.11. The van der Waals surface area contributed by atoms with Gasteiger partial charge in [-0.15, -0.1) is 0 Å². The summed E-state index contributed by atoms with van der Waals surface area (Å²) in [6, 6.07) is 0. The fourth-order valence-electron chi connectivity index (χ4n) is 11.1. The molecule has 0 spiro atoms. The zero-order valence-corrected chi connectivity index (χ0v) is 26.2. The number of hydrogen-bond donors (Lipinski definition) is 1. The Morgan fingerprint density at radius 1 is 0.975 bits per heavy atom. The van der Waals surface area contributed by atoms with Crippen molar-refractivity contribution in [1.29, 1.82) is 0 Å². The molecular weight excluding hydrogens is 504 g/mol. The van der Waals surface area contributed by atoms with Gasteiger partial charge in [-0.05, 0) is 118 Å². The van der Waals surface area contributed by atoms with E-state index in [1.54, 1.807) is 0 Å². The average Bonchev–Trinajstić information content (AvgIpc) is 2.89. The van der Waals surface area contributed by atoms with Crippen LogP contribution in [0.4, 0.5) is 0 Å². The van der Waals surface area contributed by atoms with Crippen LogP contribution in [0.1, 0.15) is 113 Å². The molecule has 5 rings (SSSR count). The lowest BCUT2D eigenvalue weighted by molar-refractivity contribution is -0.222. The predicted octanol–water partition coefficient (Wildman–Crippen LogP) is 7.00. The van der Waals surface area contributed by atoms with Crippen molar-refractivity contribution in [2.45, 2.75) is 119 Å². The van der Waals surface area contributed by atoms with E-state index in [4.69, 9.17) is 9.47 Å². The molecule has 6 nitrogen and oxygen atoms in total. The predicted molar refractivity (Wildman–Crippen MR) is 153 cm³/mol. The Labute approximate surface area is 241 Å². The van der Waals surface area contributed by atoms with Crippen LogP contribution in [0.25, 0.3) is 0 Å². The molecule has 6 heteroatoms. The molecule has 0 aromatic rings. The Balaban J connectivity index is 1.59. The Bertz CT molecular complexity index is 1130. The number of carboxylic acid groups (broad SMARTS) is 1. The molecule has 40 heavy (non-hydrogen) atoms. The normalized spacial score (nSPS) is 50.0. The number of esters is 1. The molecule has 0 heterocycles. The summed E-state index contributed by atoms with van der Waals surface area (Å²) in [6.07, 6.45) is 10.2. The molecule has 10 atom stereocenters. The van der Waals surface area contributed by atoms with Gasteiger partial charge in [0.05, 0.1) is 24.0 Å². The molecule has 224 valence electrons. The molecule has 1 N–H and O–H groups in total. The van der Waals surface area contributed by atoms with Crippen molar-refractivity contribution < 1.29 is 29.0 Å². The standard InChI is InChI=1S/C34H52O6/c1-9-18-40-25-11-12-31(4)24(34(25,7)28(38)39-8)10-13-33(6)26(31)23(35)19-21-22-20-30(3,27(36)37)15-14-29(22,2)16-17-32(21,33)5/h19,22,24-26H,9-18,20H2,1-8H3,(H,36,37)/t22?,24?,25-,26+,29+,30-,31-,32+,33+,34-/m0/s1. The highest BCUT2D eigenvalue weighted by atomic mass is 16.5. The number of ether oxygens (including phenoxy) is 2. The Morgan fingerprint density at radius 3 is 2.27 bits per heavy atom. The fraction of sp³-hybridized carbons (Fsp3) is 0.853. The Hall–Kier alpha value is -1.69. The van der Waals surface area contributed by atoms with Gasteiger partial charge in [0.15, 0.2) is 5.78 Å². The zero-order chi connectivity index (χ0) is 29.5. The lowest BCUT2D eigenvalue weighted by atomic mass is 9.33. The lowest BCUT2D eigenvalue weighted by Crippen LogP contribution is -2.68. The van der Waals surface area contributed by atoms with Crippen LogP contribution in [-0.2, 0) is 23.9 Å². The van der Waals surface area contributed by atoms with Crippen molar-refractivity contribution in [1.82, 2.24) is 0 Å². The molecule has 0 bridgehead atoms. The molecule has 0 amide bonds. The number of ketones is 1. The first-order valence-electron chi connectivity index (χ1n) is 15.8. The monoisotopic (exact) mass is 556 g/mol. The minimum absolute atomic E-state index is 0.0116. The molecule has 4 saturated carbocycles. The van der Waals surface area contributed by atoms with Crippen molar-refractivity contribution >= 4 is 17.7 Å². The van der Waals surface area contributed by atoms with Crippen LogP contribution in [0.5, 0.6) is 0 Å². The van der Waals surface area contributed by atoms with E-state index in [0.29, 0.717) is 19.4 Å². The van der Waals surface area contributed by atoms with E-state index in [-0.39, 0.29) is 57.3 Å². The number of carbonyl (C=O) groups is 3. The number of aliphatic carboxylic acids is 1. The van der Waals surface area contributed by atoms with Gasteiger partial charge in [-0.3, -0.25) is 14.4 Å². The van der Waals surface area contributed by atoms with Crippen LogP contribution in [0.15, 0.2) is 11.6 Å². The second-order valence-electron chi connectivity index (χ2n) is 15.7. The van der Waals surface area contributed by atoms with E-state index >= 15 is 0 Å². The van der Waals surface area contributed by atoms with E-state index in [1.165, 1.54) is 12.7 Å². The number of carbonyl (C=O) groups excluding carboxylic acids is 2.